The van der Waals surface area contributed by atoms with Crippen molar-refractivity contribution in [2.24, 2.45) is 4.99 Å². The van der Waals surface area contributed by atoms with Gasteiger partial charge in [0.1, 0.15) is 5.69 Å². The summed E-state index contributed by atoms with van der Waals surface area (Å²) >= 11 is 10.9. The van der Waals surface area contributed by atoms with Gasteiger partial charge in [0.25, 0.3) is 0 Å². The molecule has 1 rings (SSSR count). The van der Waals surface area contributed by atoms with Crippen molar-refractivity contribution in [2.75, 3.05) is 0 Å². The lowest BCUT2D eigenvalue weighted by atomic mass is 10.5. The van der Waals surface area contributed by atoms with Crippen LogP contribution in [0.25, 0.3) is 0 Å². The van der Waals surface area contributed by atoms with Gasteiger partial charge in [-0.15, -0.1) is 10.2 Å². The first-order valence-corrected chi connectivity index (χ1v) is 3.26. The fourth-order valence-corrected chi connectivity index (χ4v) is 0.747. The molecule has 0 radical (unpaired) electrons. The van der Waals surface area contributed by atoms with Crippen molar-refractivity contribution >= 4 is 35.0 Å². The lowest BCUT2D eigenvalue weighted by Gasteiger charge is -1.91. The maximum Gasteiger partial charge on any atom is 0.240 e. The Kier molecular flexibility index (Phi) is 2.54. The molecule has 0 aliphatic heterocycles. The first kappa shape index (κ1) is 8.14. The number of nitrogens with zero attached hydrogens (tertiary/aromatic N) is 3. The lowest BCUT2D eigenvalue weighted by molar-refractivity contribution is 0.565. The monoisotopic (exact) mass is 189 g/mol. The molecule has 11 heavy (non-hydrogen) atoms. The molecule has 1 aromatic heterocycles. The normalized spacial score (nSPS) is 8.91. The molecule has 4 nitrogen and oxygen atoms in total. The van der Waals surface area contributed by atoms with E-state index in [0.29, 0.717) is 0 Å². The number of aromatic nitrogens is 2. The van der Waals surface area contributed by atoms with Gasteiger partial charge in [0.15, 0.2) is 10.3 Å². The zero-order valence-electron chi connectivity index (χ0n) is 5.08. The van der Waals surface area contributed by atoms with Crippen molar-refractivity contribution in [3.8, 4) is 0 Å². The number of aliphatic imine (C=N–C) groups is 1. The quantitative estimate of drug-likeness (QED) is 0.500. The molecule has 1 aromatic rings. The van der Waals surface area contributed by atoms with E-state index >= 15 is 0 Å². The zero-order valence-corrected chi connectivity index (χ0v) is 6.60. The second kappa shape index (κ2) is 3.44. The smallest absolute Gasteiger partial charge is 0.211 e. The van der Waals surface area contributed by atoms with E-state index in [1.165, 1.54) is 12.1 Å². The van der Waals surface area contributed by atoms with Crippen molar-refractivity contribution in [3.05, 3.63) is 16.4 Å². The molecule has 0 aliphatic rings. The number of hydrogen-bond acceptors (Lipinski definition) is 4. The first-order chi connectivity index (χ1) is 5.24. The van der Waals surface area contributed by atoms with Crippen LogP contribution in [0, 0.1) is 0 Å². The van der Waals surface area contributed by atoms with Crippen LogP contribution in [0.1, 0.15) is 0 Å². The average Bonchev–Trinajstić information content (AvgIpc) is 1.98. The van der Waals surface area contributed by atoms with Crippen LogP contribution in [0.3, 0.4) is 0 Å². The Morgan fingerprint density at radius 1 is 1.45 bits per heavy atom. The van der Waals surface area contributed by atoms with Crippen LogP contribution in [0.5, 0.6) is 0 Å². The molecule has 6 heteroatoms. The van der Waals surface area contributed by atoms with E-state index in [9.17, 15) is 4.79 Å². The summed E-state index contributed by atoms with van der Waals surface area (Å²) in [4.78, 5) is 13.0. The summed E-state index contributed by atoms with van der Waals surface area (Å²) in [6.45, 7) is 0. The fourth-order valence-electron chi connectivity index (χ4n) is 0.472. The second-order valence-electron chi connectivity index (χ2n) is 1.55. The molecular formula is C5HCl2N3O. The summed E-state index contributed by atoms with van der Waals surface area (Å²) in [6, 6.07) is 1.32. The third kappa shape index (κ3) is 1.98. The highest BCUT2D eigenvalue weighted by Crippen LogP contribution is 2.22. The highest BCUT2D eigenvalue weighted by Gasteiger charge is 2.01. The first-order valence-electron chi connectivity index (χ1n) is 2.50. The number of carbonyl (C=O) groups excluding carboxylic acids is 1. The molecule has 0 atom stereocenters. The predicted molar refractivity (Wildman–Crippen MR) is 39.8 cm³/mol. The molecule has 0 saturated heterocycles. The molecule has 0 aromatic carbocycles. The third-order valence-electron chi connectivity index (χ3n) is 0.867. The third-order valence-corrected chi connectivity index (χ3v) is 1.32. The van der Waals surface area contributed by atoms with Gasteiger partial charge in [-0.1, -0.05) is 23.2 Å². The highest BCUT2D eigenvalue weighted by molar-refractivity contribution is 6.33. The lowest BCUT2D eigenvalue weighted by Crippen LogP contribution is -1.82. The number of isocyanates is 1. The molecule has 0 aliphatic carbocycles. The molecule has 0 spiro atoms. The summed E-state index contributed by atoms with van der Waals surface area (Å²) in [5.41, 5.74) is 0.168. The van der Waals surface area contributed by atoms with E-state index in [0.717, 1.165) is 0 Å². The van der Waals surface area contributed by atoms with Gasteiger partial charge in [0.2, 0.25) is 6.08 Å². The van der Waals surface area contributed by atoms with Crippen LogP contribution in [-0.4, -0.2) is 16.3 Å². The second-order valence-corrected chi connectivity index (χ2v) is 2.29. The molecule has 0 saturated carbocycles. The van der Waals surface area contributed by atoms with Crippen LogP contribution in [0.4, 0.5) is 5.69 Å². The van der Waals surface area contributed by atoms with E-state index in [-0.39, 0.29) is 16.0 Å². The molecule has 0 bridgehead atoms. The minimum atomic E-state index is 0.0257. The van der Waals surface area contributed by atoms with Crippen molar-refractivity contribution in [3.63, 3.8) is 0 Å². The fraction of sp³-hybridized carbons (Fsp3) is 0. The van der Waals surface area contributed by atoms with Crippen molar-refractivity contribution in [1.29, 1.82) is 0 Å². The Morgan fingerprint density at radius 2 is 2.18 bits per heavy atom. The Bertz CT molecular complexity index is 322. The standard InChI is InChI=1S/C5HCl2N3O/c6-4-1-3(8-2-11)5(7)10-9-4/h1H. The van der Waals surface area contributed by atoms with Crippen LogP contribution in [0.15, 0.2) is 11.1 Å². The number of halogens is 2. The van der Waals surface area contributed by atoms with E-state index in [4.69, 9.17) is 23.2 Å². The Balaban J connectivity index is 3.22. The van der Waals surface area contributed by atoms with Gasteiger partial charge in [-0.05, 0) is 0 Å². The molecule has 0 amide bonds. The molecule has 56 valence electrons. The van der Waals surface area contributed by atoms with Gasteiger partial charge >= 0.3 is 0 Å². The molecular weight excluding hydrogens is 189 g/mol. The molecule has 1 heterocycles. The van der Waals surface area contributed by atoms with Gasteiger partial charge in [0, 0.05) is 6.07 Å². The summed E-state index contributed by atoms with van der Waals surface area (Å²) in [6.07, 6.45) is 1.32. The van der Waals surface area contributed by atoms with Crippen LogP contribution < -0.4 is 0 Å². The van der Waals surface area contributed by atoms with Crippen molar-refractivity contribution in [2.45, 2.75) is 0 Å². The van der Waals surface area contributed by atoms with E-state index in [1.807, 2.05) is 0 Å². The Hall–Kier alpha value is -0.960. The van der Waals surface area contributed by atoms with E-state index in [1.54, 1.807) is 0 Å². The van der Waals surface area contributed by atoms with Crippen LogP contribution in [-0.2, 0) is 4.79 Å². The number of rotatable bonds is 1. The van der Waals surface area contributed by atoms with Gasteiger partial charge in [-0.25, -0.2) is 4.79 Å². The van der Waals surface area contributed by atoms with Gasteiger partial charge in [0.05, 0.1) is 0 Å². The topological polar surface area (TPSA) is 55.2 Å². The zero-order chi connectivity index (χ0) is 8.27. The molecule has 0 unspecified atom stereocenters. The summed E-state index contributed by atoms with van der Waals surface area (Å²) in [5.74, 6) is 0. The van der Waals surface area contributed by atoms with Gasteiger partial charge < -0.3 is 0 Å². The minimum absolute atomic E-state index is 0.0257. The van der Waals surface area contributed by atoms with Gasteiger partial charge in [-0.3, -0.25) is 0 Å². The maximum atomic E-state index is 9.80. The van der Waals surface area contributed by atoms with Gasteiger partial charge in [-0.2, -0.15) is 4.99 Å². The molecule has 0 fully saturated rings. The maximum absolute atomic E-state index is 9.80. The Labute approximate surface area is 71.9 Å². The largest absolute Gasteiger partial charge is 0.240 e. The highest BCUT2D eigenvalue weighted by atomic mass is 35.5. The van der Waals surface area contributed by atoms with Crippen molar-refractivity contribution < 1.29 is 4.79 Å². The van der Waals surface area contributed by atoms with Crippen molar-refractivity contribution in [1.82, 2.24) is 10.2 Å². The summed E-state index contributed by atoms with van der Waals surface area (Å²) in [7, 11) is 0. The van der Waals surface area contributed by atoms with Crippen LogP contribution in [0.2, 0.25) is 10.3 Å². The predicted octanol–water partition coefficient (Wildman–Crippen LogP) is 1.75. The Morgan fingerprint density at radius 3 is 2.82 bits per heavy atom. The number of hydrogen-bond donors (Lipinski definition) is 0. The minimum Gasteiger partial charge on any atom is -0.211 e. The average molecular weight is 190 g/mol. The molecule has 0 N–H and O–H groups in total. The van der Waals surface area contributed by atoms with Crippen LogP contribution >= 0.6 is 23.2 Å². The SMILES string of the molecule is O=C=Nc1cc(Cl)nnc1Cl. The summed E-state index contributed by atoms with van der Waals surface area (Å²) in [5, 5.41) is 6.98. The van der Waals surface area contributed by atoms with E-state index < -0.39 is 0 Å². The summed E-state index contributed by atoms with van der Waals surface area (Å²) < 4.78 is 0. The van der Waals surface area contributed by atoms with E-state index in [2.05, 4.69) is 15.2 Å².